The third-order valence-corrected chi connectivity index (χ3v) is 5.59. The summed E-state index contributed by atoms with van der Waals surface area (Å²) in [6.45, 7) is 2.52. The number of nitrogens with one attached hydrogen (secondary N) is 1. The van der Waals surface area contributed by atoms with E-state index in [1.54, 1.807) is 6.08 Å². The lowest BCUT2D eigenvalue weighted by molar-refractivity contribution is -0.135. The van der Waals surface area contributed by atoms with Gasteiger partial charge in [-0.05, 0) is 61.6 Å². The number of benzene rings is 2. The summed E-state index contributed by atoms with van der Waals surface area (Å²) in [5.41, 5.74) is 5.26. The molecule has 1 aliphatic heterocycles. The van der Waals surface area contributed by atoms with Crippen molar-refractivity contribution in [2.75, 3.05) is 31.6 Å². The average molecular weight is 515 g/mol. The molecule has 0 unspecified atom stereocenters. The molecule has 0 saturated heterocycles. The molecule has 0 aliphatic carbocycles. The Morgan fingerprint density at radius 2 is 1.64 bits per heavy atom. The lowest BCUT2D eigenvalue weighted by Gasteiger charge is -2.27. The molecule has 0 spiro atoms. The Labute approximate surface area is 215 Å². The van der Waals surface area contributed by atoms with Gasteiger partial charge in [-0.25, -0.2) is 14.4 Å². The number of halogens is 1. The van der Waals surface area contributed by atoms with E-state index in [2.05, 4.69) is 51.4 Å². The van der Waals surface area contributed by atoms with Crippen molar-refractivity contribution in [1.29, 1.82) is 0 Å². The Hall–Kier alpha value is -3.62. The fraction of sp³-hybridized carbons (Fsp3) is 0.296. The predicted molar refractivity (Wildman–Crippen MR) is 140 cm³/mol. The minimum Gasteiger partial charge on any atom is -0.478 e. The van der Waals surface area contributed by atoms with Crippen molar-refractivity contribution in [3.8, 4) is 0 Å². The number of methoxy groups -OCH3 is 1. The Morgan fingerprint density at radius 3 is 2.31 bits per heavy atom. The topological polar surface area (TPSA) is 116 Å². The molecule has 2 aromatic carbocycles. The van der Waals surface area contributed by atoms with Gasteiger partial charge in [-0.2, -0.15) is 0 Å². The molecule has 0 aromatic heterocycles. The minimum atomic E-state index is -1.26. The summed E-state index contributed by atoms with van der Waals surface area (Å²) >= 11 is 6.31. The molecule has 3 N–H and O–H groups in total. The van der Waals surface area contributed by atoms with Crippen molar-refractivity contribution in [1.82, 2.24) is 5.32 Å². The molecule has 0 atom stereocenters. The van der Waals surface area contributed by atoms with Crippen LogP contribution in [0.25, 0.3) is 0 Å². The van der Waals surface area contributed by atoms with Crippen LogP contribution in [-0.2, 0) is 32.0 Å². The first-order valence-electron chi connectivity index (χ1n) is 11.5. The first-order chi connectivity index (χ1) is 17.3. The second-order valence-electron chi connectivity index (χ2n) is 7.90. The second-order valence-corrected chi connectivity index (χ2v) is 8.34. The number of ether oxygens (including phenoxy) is 1. The van der Waals surface area contributed by atoms with E-state index in [0.29, 0.717) is 18.7 Å². The van der Waals surface area contributed by atoms with Gasteiger partial charge in [0.25, 0.3) is 0 Å². The molecule has 8 nitrogen and oxygen atoms in total. The van der Waals surface area contributed by atoms with E-state index in [9.17, 15) is 14.4 Å². The summed E-state index contributed by atoms with van der Waals surface area (Å²) in [5.74, 6) is -2.83. The number of carboxylic acid groups (broad SMARTS) is 2. The molecule has 9 heteroatoms. The maximum absolute atomic E-state index is 11.0. The first kappa shape index (κ1) is 28.6. The monoisotopic (exact) mass is 514 g/mol. The molecule has 0 saturated carbocycles. The molecule has 192 valence electrons. The summed E-state index contributed by atoms with van der Waals surface area (Å²) in [6.07, 6.45) is 8.56. The predicted octanol–water partition coefficient (Wildman–Crippen LogP) is 4.39. The van der Waals surface area contributed by atoms with Crippen LogP contribution in [-0.4, -0.2) is 54.9 Å². The highest BCUT2D eigenvalue weighted by molar-refractivity contribution is 6.30. The zero-order valence-corrected chi connectivity index (χ0v) is 20.9. The van der Waals surface area contributed by atoms with Gasteiger partial charge in [0.15, 0.2) is 0 Å². The van der Waals surface area contributed by atoms with E-state index < -0.39 is 11.9 Å². The average Bonchev–Trinajstić information content (AvgIpc) is 3.01. The molecule has 0 fully saturated rings. The van der Waals surface area contributed by atoms with Gasteiger partial charge in [-0.1, -0.05) is 41.9 Å². The van der Waals surface area contributed by atoms with Crippen LogP contribution in [0.4, 0.5) is 11.4 Å². The summed E-state index contributed by atoms with van der Waals surface area (Å²) in [6, 6.07) is 14.9. The van der Waals surface area contributed by atoms with Crippen LogP contribution in [0, 0.1) is 0 Å². The maximum Gasteiger partial charge on any atom is 0.330 e. The van der Waals surface area contributed by atoms with Crippen LogP contribution < -0.4 is 10.2 Å². The number of fused-ring (bicyclic) bond motifs is 2. The van der Waals surface area contributed by atoms with Crippen molar-refractivity contribution in [2.24, 2.45) is 0 Å². The quantitative estimate of drug-likeness (QED) is 0.243. The van der Waals surface area contributed by atoms with Crippen LogP contribution in [0.15, 0.2) is 66.8 Å². The molecular formula is C27H31ClN2O6. The van der Waals surface area contributed by atoms with Gasteiger partial charge in [0.1, 0.15) is 0 Å². The van der Waals surface area contributed by atoms with Gasteiger partial charge >= 0.3 is 17.9 Å². The molecule has 0 bridgehead atoms. The van der Waals surface area contributed by atoms with Crippen LogP contribution >= 0.6 is 11.6 Å². The highest BCUT2D eigenvalue weighted by atomic mass is 35.5. The van der Waals surface area contributed by atoms with E-state index >= 15 is 0 Å². The van der Waals surface area contributed by atoms with E-state index in [-0.39, 0.29) is 5.97 Å². The molecule has 3 rings (SSSR count). The van der Waals surface area contributed by atoms with Crippen LogP contribution in [0.5, 0.6) is 0 Å². The summed E-state index contributed by atoms with van der Waals surface area (Å²) in [4.78, 5) is 32.5. The number of rotatable bonds is 10. The lowest BCUT2D eigenvalue weighted by Crippen LogP contribution is -2.22. The van der Waals surface area contributed by atoms with Crippen LogP contribution in [0.3, 0.4) is 0 Å². The van der Waals surface area contributed by atoms with Crippen molar-refractivity contribution in [3.63, 3.8) is 0 Å². The number of esters is 1. The van der Waals surface area contributed by atoms with Crippen molar-refractivity contribution >= 4 is 40.9 Å². The van der Waals surface area contributed by atoms with E-state index in [4.69, 9.17) is 21.8 Å². The number of anilines is 2. The number of aryl methyl sites for hydroxylation is 2. The van der Waals surface area contributed by atoms with Crippen molar-refractivity contribution in [2.45, 2.75) is 25.7 Å². The van der Waals surface area contributed by atoms with Crippen molar-refractivity contribution in [3.05, 3.63) is 82.9 Å². The van der Waals surface area contributed by atoms with Gasteiger partial charge in [-0.15, -0.1) is 0 Å². The minimum absolute atomic E-state index is 0.320. The van der Waals surface area contributed by atoms with Crippen LogP contribution in [0.1, 0.15) is 24.0 Å². The van der Waals surface area contributed by atoms with Gasteiger partial charge in [0, 0.05) is 47.7 Å². The van der Waals surface area contributed by atoms with Gasteiger partial charge in [0.05, 0.1) is 7.11 Å². The first-order valence-corrected chi connectivity index (χ1v) is 11.9. The molecule has 0 amide bonds. The summed E-state index contributed by atoms with van der Waals surface area (Å²) in [5, 5.41) is 19.7. The standard InChI is InChI=1S/C23H27ClN2O2.C4H4O4/c1-28-23(27)9-6-15-25-14-4-5-16-26-21-8-3-2-7-18(21)10-11-19-12-13-20(24)17-22(19)26;5-3(6)1-2-4(7)8/h2-3,6-9,12-13,17,25H,4-5,10-11,14-16H2,1H3;1-2H,(H,5,6)(H,7,8)/b9-6+;2-1-. The normalized spacial score (nSPS) is 12.3. The SMILES string of the molecule is COC(=O)/C=C/CNCCCCN1c2ccccc2CCc2ccc(Cl)cc21.O=C(O)/C=C\C(=O)O. The number of hydrogen-bond acceptors (Lipinski definition) is 6. The third kappa shape index (κ3) is 9.93. The molecular weight excluding hydrogens is 484 g/mol. The smallest absolute Gasteiger partial charge is 0.330 e. The zero-order chi connectivity index (χ0) is 26.3. The van der Waals surface area contributed by atoms with Gasteiger partial charge < -0.3 is 25.2 Å². The second kappa shape index (κ2) is 15.4. The third-order valence-electron chi connectivity index (χ3n) is 5.36. The van der Waals surface area contributed by atoms with E-state index in [1.807, 2.05) is 6.07 Å². The highest BCUT2D eigenvalue weighted by Gasteiger charge is 2.20. The molecule has 1 aliphatic rings. The number of carbonyl (C=O) groups excluding carboxylic acids is 1. The highest BCUT2D eigenvalue weighted by Crippen LogP contribution is 2.37. The number of carbonyl (C=O) groups is 3. The molecule has 36 heavy (non-hydrogen) atoms. The van der Waals surface area contributed by atoms with Crippen molar-refractivity contribution < 1.29 is 29.3 Å². The molecule has 2 aromatic rings. The Morgan fingerprint density at radius 1 is 0.972 bits per heavy atom. The van der Waals surface area contributed by atoms with E-state index in [1.165, 1.54) is 35.7 Å². The van der Waals surface area contributed by atoms with E-state index in [0.717, 1.165) is 43.8 Å². The largest absolute Gasteiger partial charge is 0.478 e. The molecule has 0 radical (unpaired) electrons. The number of unbranched alkanes of at least 4 members (excludes halogenated alkanes) is 1. The Bertz CT molecular complexity index is 1080. The maximum atomic E-state index is 11.0. The fourth-order valence-corrected chi connectivity index (χ4v) is 3.86. The number of nitrogens with zero attached hydrogens (tertiary/aromatic N) is 1. The number of carboxylic acids is 2. The van der Waals surface area contributed by atoms with Gasteiger partial charge in [-0.3, -0.25) is 0 Å². The zero-order valence-electron chi connectivity index (χ0n) is 20.2. The number of para-hydroxylation sites is 1. The molecule has 1 heterocycles. The Balaban J connectivity index is 0.000000493. The van der Waals surface area contributed by atoms with Gasteiger partial charge in [0.2, 0.25) is 0 Å². The fourth-order valence-electron chi connectivity index (χ4n) is 3.70. The lowest BCUT2D eigenvalue weighted by atomic mass is 10.0. The summed E-state index contributed by atoms with van der Waals surface area (Å²) < 4.78 is 4.57. The number of hydrogen-bond donors (Lipinski definition) is 3. The van der Waals surface area contributed by atoms with Crippen LogP contribution in [0.2, 0.25) is 5.02 Å². The summed E-state index contributed by atoms with van der Waals surface area (Å²) in [7, 11) is 1.38. The number of aliphatic carboxylic acids is 2. The Kier molecular flexibility index (Phi) is 12.2.